The Labute approximate surface area is 134 Å². The first-order chi connectivity index (χ1) is 11.1. The minimum absolute atomic E-state index is 0.386. The third-order valence-corrected chi connectivity index (χ3v) is 4.16. The number of aryl methyl sites for hydroxylation is 1. The summed E-state index contributed by atoms with van der Waals surface area (Å²) < 4.78 is 1.75. The zero-order chi connectivity index (χ0) is 16.4. The number of hydrogen-bond acceptors (Lipinski definition) is 3. The number of rotatable bonds is 2. The number of nitrogens with one attached hydrogen (secondary N) is 1. The number of nitriles is 1. The van der Waals surface area contributed by atoms with Crippen LogP contribution in [0.3, 0.4) is 0 Å². The van der Waals surface area contributed by atoms with E-state index in [0.717, 1.165) is 11.1 Å². The van der Waals surface area contributed by atoms with Crippen molar-refractivity contribution in [1.82, 2.24) is 5.32 Å². The number of pyridine rings is 1. The first-order valence-corrected chi connectivity index (χ1v) is 7.38. The van der Waals surface area contributed by atoms with Crippen molar-refractivity contribution in [2.45, 2.75) is 18.9 Å². The monoisotopic (exact) mass is 306 g/mol. The zero-order valence-electron chi connectivity index (χ0n) is 12.6. The molecule has 5 heteroatoms. The number of piperidine rings is 1. The maximum atomic E-state index is 12.5. The highest BCUT2D eigenvalue weighted by Gasteiger charge is 2.50. The molecule has 3 unspecified atom stereocenters. The molecule has 3 rings (SSSR count). The van der Waals surface area contributed by atoms with E-state index in [-0.39, 0.29) is 5.91 Å². The maximum absolute atomic E-state index is 12.5. The summed E-state index contributed by atoms with van der Waals surface area (Å²) in [5, 5.41) is 11.8. The summed E-state index contributed by atoms with van der Waals surface area (Å²) in [6, 6.07) is 14.5. The van der Waals surface area contributed by atoms with Crippen molar-refractivity contribution in [3.8, 4) is 6.07 Å². The van der Waals surface area contributed by atoms with E-state index in [0.29, 0.717) is 0 Å². The van der Waals surface area contributed by atoms with Gasteiger partial charge in [0.1, 0.15) is 5.92 Å². The van der Waals surface area contributed by atoms with E-state index in [1.807, 2.05) is 49.4 Å². The van der Waals surface area contributed by atoms with Crippen molar-refractivity contribution in [1.29, 1.82) is 5.26 Å². The number of benzene rings is 1. The summed E-state index contributed by atoms with van der Waals surface area (Å²) in [5.74, 6) is -2.35. The number of aromatic nitrogens is 1. The predicted molar refractivity (Wildman–Crippen MR) is 81.8 cm³/mol. The van der Waals surface area contributed by atoms with Crippen LogP contribution in [0.1, 0.15) is 23.1 Å². The number of nitrogens with zero attached hydrogens (tertiary/aromatic N) is 2. The lowest BCUT2D eigenvalue weighted by molar-refractivity contribution is -0.713. The third kappa shape index (κ3) is 2.71. The van der Waals surface area contributed by atoms with Gasteiger partial charge in [0.15, 0.2) is 12.4 Å². The highest BCUT2D eigenvalue weighted by atomic mass is 16.2. The van der Waals surface area contributed by atoms with Crippen LogP contribution < -0.4 is 9.88 Å². The summed E-state index contributed by atoms with van der Waals surface area (Å²) in [6.07, 6.45) is 3.55. The van der Waals surface area contributed by atoms with Gasteiger partial charge in [-0.2, -0.15) is 9.83 Å². The van der Waals surface area contributed by atoms with Crippen LogP contribution in [0.25, 0.3) is 0 Å². The average molecular weight is 306 g/mol. The van der Waals surface area contributed by atoms with Crippen LogP contribution in [0.2, 0.25) is 0 Å². The second-order valence-corrected chi connectivity index (χ2v) is 5.66. The smallest absolute Gasteiger partial charge is 0.289 e. The highest BCUT2D eigenvalue weighted by Crippen LogP contribution is 2.36. The zero-order valence-corrected chi connectivity index (χ0v) is 12.6. The molecule has 23 heavy (non-hydrogen) atoms. The van der Waals surface area contributed by atoms with Crippen molar-refractivity contribution >= 4 is 11.8 Å². The van der Waals surface area contributed by atoms with Gasteiger partial charge in [0, 0.05) is 12.1 Å². The topological polar surface area (TPSA) is 73.8 Å². The SMILES string of the molecule is Cc1ccc(C2C(C#N)C(=O)NC(=O)C2[n+]2ccccc2)cc1. The molecule has 0 aliphatic carbocycles. The van der Waals surface area contributed by atoms with Gasteiger partial charge in [0.25, 0.3) is 5.91 Å². The van der Waals surface area contributed by atoms with Crippen LogP contribution in [0.5, 0.6) is 0 Å². The van der Waals surface area contributed by atoms with E-state index in [9.17, 15) is 14.9 Å². The second-order valence-electron chi connectivity index (χ2n) is 5.66. The molecular formula is C18H16N3O2+. The Morgan fingerprint density at radius 3 is 2.30 bits per heavy atom. The molecule has 114 valence electrons. The molecule has 0 spiro atoms. The Balaban J connectivity index is 2.13. The van der Waals surface area contributed by atoms with E-state index in [1.165, 1.54) is 0 Å². The minimum Gasteiger partial charge on any atom is -0.289 e. The fourth-order valence-corrected chi connectivity index (χ4v) is 3.00. The lowest BCUT2D eigenvalue weighted by Crippen LogP contribution is -2.59. The van der Waals surface area contributed by atoms with Gasteiger partial charge in [-0.15, -0.1) is 0 Å². The number of imide groups is 1. The van der Waals surface area contributed by atoms with Crippen molar-refractivity contribution in [3.63, 3.8) is 0 Å². The number of hydrogen-bond donors (Lipinski definition) is 1. The molecule has 0 bridgehead atoms. The van der Waals surface area contributed by atoms with E-state index in [4.69, 9.17) is 0 Å². The van der Waals surface area contributed by atoms with E-state index >= 15 is 0 Å². The molecule has 0 radical (unpaired) electrons. The van der Waals surface area contributed by atoms with Gasteiger partial charge in [0.2, 0.25) is 11.9 Å². The molecule has 2 aromatic rings. The first-order valence-electron chi connectivity index (χ1n) is 7.38. The van der Waals surface area contributed by atoms with Crippen LogP contribution in [-0.2, 0) is 9.59 Å². The Morgan fingerprint density at radius 2 is 1.70 bits per heavy atom. The molecule has 5 nitrogen and oxygen atoms in total. The molecule has 1 fully saturated rings. The summed E-state index contributed by atoms with van der Waals surface area (Å²) in [6.45, 7) is 1.97. The quantitative estimate of drug-likeness (QED) is 0.673. The van der Waals surface area contributed by atoms with Gasteiger partial charge in [0.05, 0.1) is 12.0 Å². The van der Waals surface area contributed by atoms with E-state index in [2.05, 4.69) is 11.4 Å². The van der Waals surface area contributed by atoms with Crippen LogP contribution >= 0.6 is 0 Å². The number of carbonyl (C=O) groups is 2. The van der Waals surface area contributed by atoms with Crippen LogP contribution in [0, 0.1) is 24.2 Å². The molecule has 1 saturated heterocycles. The Morgan fingerprint density at radius 1 is 1.04 bits per heavy atom. The van der Waals surface area contributed by atoms with E-state index in [1.54, 1.807) is 17.0 Å². The molecular weight excluding hydrogens is 290 g/mol. The van der Waals surface area contributed by atoms with Gasteiger partial charge >= 0.3 is 0 Å². The molecule has 0 saturated carbocycles. The Hall–Kier alpha value is -3.00. The fraction of sp³-hybridized carbons (Fsp3) is 0.222. The van der Waals surface area contributed by atoms with Crippen LogP contribution in [0.15, 0.2) is 54.9 Å². The fourth-order valence-electron chi connectivity index (χ4n) is 3.00. The van der Waals surface area contributed by atoms with Gasteiger partial charge in [-0.3, -0.25) is 14.9 Å². The predicted octanol–water partition coefficient (Wildman–Crippen LogP) is 1.40. The van der Waals surface area contributed by atoms with Crippen molar-refractivity contribution < 1.29 is 14.2 Å². The van der Waals surface area contributed by atoms with Gasteiger partial charge in [-0.25, -0.2) is 0 Å². The second kappa shape index (κ2) is 6.01. The van der Waals surface area contributed by atoms with Crippen molar-refractivity contribution in [2.24, 2.45) is 5.92 Å². The molecule has 2 amide bonds. The van der Waals surface area contributed by atoms with Gasteiger partial charge < -0.3 is 0 Å². The average Bonchev–Trinajstić information content (AvgIpc) is 2.56. The molecule has 1 N–H and O–H groups in total. The highest BCUT2D eigenvalue weighted by molar-refractivity contribution is 6.02. The van der Waals surface area contributed by atoms with E-state index < -0.39 is 23.8 Å². The van der Waals surface area contributed by atoms with Crippen LogP contribution in [0.4, 0.5) is 0 Å². The standard InChI is InChI=1S/C18H15N3O2/c1-12-5-7-13(8-6-12)15-14(11-19)17(22)20-18(23)16(15)21-9-3-2-4-10-21/h2-10,14-16H,1H3/p+1. The largest absolute Gasteiger partial charge is 0.296 e. The van der Waals surface area contributed by atoms with Crippen molar-refractivity contribution in [3.05, 3.63) is 66.0 Å². The molecule has 2 heterocycles. The first kappa shape index (κ1) is 14.9. The summed E-state index contributed by atoms with van der Waals surface area (Å²) in [5.41, 5.74) is 1.89. The lowest BCUT2D eigenvalue weighted by atomic mass is 9.77. The molecule has 1 aliphatic rings. The van der Waals surface area contributed by atoms with Gasteiger partial charge in [-0.05, 0) is 12.5 Å². The molecule has 1 aromatic heterocycles. The molecule has 3 atom stereocenters. The lowest BCUT2D eigenvalue weighted by Gasteiger charge is -2.30. The normalized spacial score (nSPS) is 23.9. The minimum atomic E-state index is -0.909. The number of carbonyl (C=O) groups excluding carboxylic acids is 2. The Kier molecular flexibility index (Phi) is 3.90. The van der Waals surface area contributed by atoms with Crippen molar-refractivity contribution in [2.75, 3.05) is 0 Å². The molecule has 1 aliphatic heterocycles. The Bertz CT molecular complexity index is 778. The summed E-state index contributed by atoms with van der Waals surface area (Å²) >= 11 is 0. The molecule has 1 aromatic carbocycles. The maximum Gasteiger partial charge on any atom is 0.296 e. The third-order valence-electron chi connectivity index (χ3n) is 4.16. The van der Waals surface area contributed by atoms with Gasteiger partial charge in [-0.1, -0.05) is 35.9 Å². The summed E-state index contributed by atoms with van der Waals surface area (Å²) in [7, 11) is 0. The van der Waals surface area contributed by atoms with Crippen LogP contribution in [-0.4, -0.2) is 11.8 Å². The summed E-state index contributed by atoms with van der Waals surface area (Å²) in [4.78, 5) is 24.6. The number of amides is 2.